The minimum Gasteiger partial charge on any atom is -0.464 e. The molecule has 0 bridgehead atoms. The van der Waals surface area contributed by atoms with E-state index in [-0.39, 0.29) is 11.2 Å². The second kappa shape index (κ2) is 3.93. The molecule has 0 saturated heterocycles. The maximum absolute atomic E-state index is 10.9. The average Bonchev–Trinajstić information content (AvgIpc) is 2.57. The molecule has 82 valence electrons. The topological polar surface area (TPSA) is 96.7 Å². The highest BCUT2D eigenvalue weighted by molar-refractivity contribution is 9.10. The van der Waals surface area contributed by atoms with Crippen LogP contribution in [0.5, 0.6) is 0 Å². The highest BCUT2D eigenvalue weighted by atomic mass is 79.9. The molecule has 0 unspecified atom stereocenters. The summed E-state index contributed by atoms with van der Waals surface area (Å²) in [5.41, 5.74) is 6.36. The van der Waals surface area contributed by atoms with Crippen molar-refractivity contribution in [3.63, 3.8) is 0 Å². The van der Waals surface area contributed by atoms with Gasteiger partial charge in [0, 0.05) is 21.6 Å². The van der Waals surface area contributed by atoms with Crippen LogP contribution in [-0.4, -0.2) is 23.5 Å². The Morgan fingerprint density at radius 2 is 2.12 bits per heavy atom. The van der Waals surface area contributed by atoms with Gasteiger partial charge in [-0.25, -0.2) is 0 Å². The molecule has 0 spiro atoms. The smallest absolute Gasteiger partial charge is 0.464 e. The SMILES string of the molecule is Nc1cc2oc(B(O)O)c(C=O)c2cc1Br. The minimum absolute atomic E-state index is 0.116. The summed E-state index contributed by atoms with van der Waals surface area (Å²) in [4.78, 5) is 10.9. The number of carbonyl (C=O) groups excluding carboxylic acids is 1. The number of nitrogens with two attached hydrogens (primary N) is 1. The van der Waals surface area contributed by atoms with Gasteiger partial charge in [-0.2, -0.15) is 0 Å². The Morgan fingerprint density at radius 1 is 1.44 bits per heavy atom. The number of hydrogen-bond donors (Lipinski definition) is 3. The van der Waals surface area contributed by atoms with E-state index in [4.69, 9.17) is 20.2 Å². The number of benzene rings is 1. The molecule has 0 fully saturated rings. The lowest BCUT2D eigenvalue weighted by molar-refractivity contribution is 0.112. The molecule has 7 heteroatoms. The van der Waals surface area contributed by atoms with Crippen molar-refractivity contribution in [2.24, 2.45) is 0 Å². The quantitative estimate of drug-likeness (QED) is 0.418. The summed E-state index contributed by atoms with van der Waals surface area (Å²) in [5, 5.41) is 18.6. The summed E-state index contributed by atoms with van der Waals surface area (Å²) >= 11 is 3.22. The molecule has 1 aromatic carbocycles. The maximum Gasteiger partial charge on any atom is 0.527 e. The van der Waals surface area contributed by atoms with Gasteiger partial charge < -0.3 is 20.2 Å². The Bertz CT molecular complexity index is 566. The first kappa shape index (κ1) is 11.2. The number of rotatable bonds is 2. The molecule has 2 rings (SSSR count). The first-order chi connectivity index (χ1) is 7.54. The minimum atomic E-state index is -1.83. The van der Waals surface area contributed by atoms with Crippen molar-refractivity contribution < 1.29 is 19.3 Å². The largest absolute Gasteiger partial charge is 0.527 e. The van der Waals surface area contributed by atoms with E-state index in [1.807, 2.05) is 0 Å². The van der Waals surface area contributed by atoms with E-state index in [0.29, 0.717) is 27.4 Å². The van der Waals surface area contributed by atoms with Crippen molar-refractivity contribution in [2.45, 2.75) is 0 Å². The number of nitrogen functional groups attached to an aromatic ring is 1. The van der Waals surface area contributed by atoms with Crippen molar-refractivity contribution in [3.05, 3.63) is 22.2 Å². The van der Waals surface area contributed by atoms with E-state index in [9.17, 15) is 4.79 Å². The Morgan fingerprint density at radius 3 is 2.69 bits per heavy atom. The maximum atomic E-state index is 10.9. The van der Waals surface area contributed by atoms with E-state index in [0.717, 1.165) is 0 Å². The predicted molar refractivity (Wildman–Crippen MR) is 63.5 cm³/mol. The van der Waals surface area contributed by atoms with Crippen molar-refractivity contribution >= 4 is 51.7 Å². The molecular weight excluding hydrogens is 277 g/mol. The Labute approximate surface area is 99.1 Å². The van der Waals surface area contributed by atoms with Gasteiger partial charge in [-0.3, -0.25) is 4.79 Å². The molecular formula is C9H7BBrNO4. The molecule has 1 aromatic heterocycles. The third-order valence-electron chi connectivity index (χ3n) is 2.23. The van der Waals surface area contributed by atoms with Crippen molar-refractivity contribution in [3.8, 4) is 0 Å². The lowest BCUT2D eigenvalue weighted by atomic mass is 9.84. The summed E-state index contributed by atoms with van der Waals surface area (Å²) in [7, 11) is -1.83. The van der Waals surface area contributed by atoms with Crippen LogP contribution in [0.3, 0.4) is 0 Å². The Kier molecular flexibility index (Phi) is 2.75. The second-order valence-corrected chi connectivity index (χ2v) is 4.10. The molecule has 16 heavy (non-hydrogen) atoms. The van der Waals surface area contributed by atoms with Gasteiger partial charge in [-0.1, -0.05) is 0 Å². The van der Waals surface area contributed by atoms with E-state index < -0.39 is 7.12 Å². The summed E-state index contributed by atoms with van der Waals surface area (Å²) < 4.78 is 5.77. The summed E-state index contributed by atoms with van der Waals surface area (Å²) in [6.45, 7) is 0. The highest BCUT2D eigenvalue weighted by Gasteiger charge is 2.24. The van der Waals surface area contributed by atoms with Crippen molar-refractivity contribution in [1.29, 1.82) is 0 Å². The number of fused-ring (bicyclic) bond motifs is 1. The van der Waals surface area contributed by atoms with Crippen LogP contribution in [0.4, 0.5) is 5.69 Å². The number of carbonyl (C=O) groups is 1. The summed E-state index contributed by atoms with van der Waals surface area (Å²) in [5.74, 6) is 0. The Hall–Kier alpha value is -1.31. The second-order valence-electron chi connectivity index (χ2n) is 3.24. The average molecular weight is 284 g/mol. The monoisotopic (exact) mass is 283 g/mol. The third-order valence-corrected chi connectivity index (χ3v) is 2.91. The number of aldehydes is 1. The molecule has 5 nitrogen and oxygen atoms in total. The van der Waals surface area contributed by atoms with Crippen LogP contribution in [0.15, 0.2) is 21.0 Å². The van der Waals surface area contributed by atoms with Gasteiger partial charge in [0.05, 0.1) is 5.56 Å². The third kappa shape index (κ3) is 1.62. The van der Waals surface area contributed by atoms with E-state index >= 15 is 0 Å². The first-order valence-corrected chi connectivity index (χ1v) is 5.16. The van der Waals surface area contributed by atoms with Gasteiger partial charge in [0.25, 0.3) is 0 Å². The molecule has 0 saturated carbocycles. The predicted octanol–water partition coefficient (Wildman–Crippen LogP) is 0.270. The Balaban J connectivity index is 2.82. The van der Waals surface area contributed by atoms with Crippen LogP contribution < -0.4 is 11.4 Å². The summed E-state index contributed by atoms with van der Waals surface area (Å²) in [6, 6.07) is 3.11. The number of hydrogen-bond acceptors (Lipinski definition) is 5. The lowest BCUT2D eigenvalue weighted by Crippen LogP contribution is -2.31. The number of anilines is 1. The normalized spacial score (nSPS) is 10.7. The van der Waals surface area contributed by atoms with Gasteiger partial charge in [0.1, 0.15) is 11.2 Å². The molecule has 0 radical (unpaired) electrons. The van der Waals surface area contributed by atoms with Crippen LogP contribution in [-0.2, 0) is 0 Å². The first-order valence-electron chi connectivity index (χ1n) is 4.37. The molecule has 0 aliphatic heterocycles. The molecule has 1 heterocycles. The van der Waals surface area contributed by atoms with Crippen LogP contribution in [0.1, 0.15) is 10.4 Å². The fourth-order valence-corrected chi connectivity index (χ4v) is 1.83. The number of halogens is 1. The lowest BCUT2D eigenvalue weighted by Gasteiger charge is -1.96. The molecule has 0 aliphatic carbocycles. The van der Waals surface area contributed by atoms with E-state index in [2.05, 4.69) is 15.9 Å². The molecule has 0 amide bonds. The van der Waals surface area contributed by atoms with Gasteiger partial charge in [-0.05, 0) is 22.0 Å². The van der Waals surface area contributed by atoms with Crippen LogP contribution >= 0.6 is 15.9 Å². The van der Waals surface area contributed by atoms with E-state index in [1.54, 1.807) is 6.07 Å². The van der Waals surface area contributed by atoms with Gasteiger partial charge in [0.15, 0.2) is 6.29 Å². The molecule has 0 aliphatic rings. The van der Waals surface area contributed by atoms with Gasteiger partial charge in [0.2, 0.25) is 0 Å². The van der Waals surface area contributed by atoms with Crippen LogP contribution in [0, 0.1) is 0 Å². The fourth-order valence-electron chi connectivity index (χ4n) is 1.48. The van der Waals surface area contributed by atoms with Crippen LogP contribution in [0.2, 0.25) is 0 Å². The standard InChI is InChI=1S/C9H7BBrNO4/c11-6-1-4-5(3-13)9(10(14)15)16-8(4)2-7(6)12/h1-3,14-15H,12H2. The number of furan rings is 1. The molecule has 2 aromatic rings. The van der Waals surface area contributed by atoms with Gasteiger partial charge in [-0.15, -0.1) is 0 Å². The van der Waals surface area contributed by atoms with Gasteiger partial charge >= 0.3 is 7.12 Å². The van der Waals surface area contributed by atoms with Crippen LogP contribution in [0.25, 0.3) is 11.0 Å². The highest BCUT2D eigenvalue weighted by Crippen LogP contribution is 2.28. The zero-order valence-corrected chi connectivity index (χ0v) is 9.56. The zero-order valence-electron chi connectivity index (χ0n) is 7.98. The van der Waals surface area contributed by atoms with Crippen molar-refractivity contribution in [2.75, 3.05) is 5.73 Å². The van der Waals surface area contributed by atoms with Crippen molar-refractivity contribution in [1.82, 2.24) is 0 Å². The molecule has 0 atom stereocenters. The van der Waals surface area contributed by atoms with E-state index in [1.165, 1.54) is 6.07 Å². The zero-order chi connectivity index (χ0) is 11.9. The molecule has 4 N–H and O–H groups in total. The summed E-state index contributed by atoms with van der Waals surface area (Å²) in [6.07, 6.45) is 0.517. The fraction of sp³-hybridized carbons (Fsp3) is 0.